The van der Waals surface area contributed by atoms with Crippen LogP contribution in [-0.2, 0) is 4.74 Å². The molecule has 1 aliphatic heterocycles. The van der Waals surface area contributed by atoms with Crippen LogP contribution >= 0.6 is 0 Å². The Labute approximate surface area is 151 Å². The van der Waals surface area contributed by atoms with Crippen molar-refractivity contribution in [1.29, 1.82) is 5.26 Å². The molecule has 0 bridgehead atoms. The Hall–Kier alpha value is -3.18. The summed E-state index contributed by atoms with van der Waals surface area (Å²) in [5.74, 6) is 0.451. The monoisotopic (exact) mass is 352 g/mol. The van der Waals surface area contributed by atoms with Gasteiger partial charge in [0, 0.05) is 37.8 Å². The van der Waals surface area contributed by atoms with E-state index < -0.39 is 0 Å². The van der Waals surface area contributed by atoms with Gasteiger partial charge in [-0.15, -0.1) is 5.10 Å². The highest BCUT2D eigenvalue weighted by Crippen LogP contribution is 2.16. The van der Waals surface area contributed by atoms with E-state index >= 15 is 0 Å². The van der Waals surface area contributed by atoms with E-state index in [9.17, 15) is 4.79 Å². The van der Waals surface area contributed by atoms with E-state index in [1.165, 1.54) is 0 Å². The van der Waals surface area contributed by atoms with Gasteiger partial charge in [-0.3, -0.25) is 4.79 Å². The van der Waals surface area contributed by atoms with Crippen LogP contribution in [-0.4, -0.2) is 55.5 Å². The highest BCUT2D eigenvalue weighted by atomic mass is 16.5. The van der Waals surface area contributed by atoms with Crippen LogP contribution in [0.5, 0.6) is 0 Å². The minimum atomic E-state index is -0.211. The van der Waals surface area contributed by atoms with Crippen molar-refractivity contribution >= 4 is 17.4 Å². The first-order chi connectivity index (χ1) is 12.8. The topological polar surface area (TPSA) is 103 Å². The van der Waals surface area contributed by atoms with Crippen molar-refractivity contribution in [3.63, 3.8) is 0 Å². The zero-order chi connectivity index (χ0) is 18.2. The van der Waals surface area contributed by atoms with Gasteiger partial charge in [0.25, 0.3) is 5.91 Å². The molecule has 1 aromatic carbocycles. The average Bonchev–Trinajstić information content (AvgIpc) is 2.72. The number of carbonyl (C=O) groups is 1. The quantitative estimate of drug-likeness (QED) is 0.748. The molecule has 1 aliphatic rings. The van der Waals surface area contributed by atoms with Crippen molar-refractivity contribution in [2.24, 2.45) is 0 Å². The summed E-state index contributed by atoms with van der Waals surface area (Å²) in [5.41, 5.74) is 1.94. The molecule has 2 heterocycles. The maximum atomic E-state index is 12.1. The van der Waals surface area contributed by atoms with Gasteiger partial charge >= 0.3 is 0 Å². The van der Waals surface area contributed by atoms with Gasteiger partial charge in [-0.1, -0.05) is 6.07 Å². The molecule has 0 spiro atoms. The van der Waals surface area contributed by atoms with E-state index in [4.69, 9.17) is 10.00 Å². The molecule has 3 rings (SSSR count). The molecular formula is C18H20N6O2. The number of benzene rings is 1. The lowest BCUT2D eigenvalue weighted by atomic mass is 10.1. The summed E-state index contributed by atoms with van der Waals surface area (Å²) in [6.45, 7) is 4.05. The lowest BCUT2D eigenvalue weighted by Gasteiger charge is -2.28. The third-order valence-electron chi connectivity index (χ3n) is 3.99. The number of morpholine rings is 1. The van der Waals surface area contributed by atoms with E-state index in [1.807, 2.05) is 12.1 Å². The molecule has 134 valence electrons. The molecule has 1 fully saturated rings. The largest absolute Gasteiger partial charge is 0.378 e. The first kappa shape index (κ1) is 17.6. The highest BCUT2D eigenvalue weighted by molar-refractivity contribution is 5.94. The number of hydrogen-bond donors (Lipinski definition) is 2. The second kappa shape index (κ2) is 8.78. The Morgan fingerprint density at radius 2 is 2.12 bits per heavy atom. The van der Waals surface area contributed by atoms with Crippen LogP contribution in [0.2, 0.25) is 0 Å². The number of anilines is 2. The number of rotatable bonds is 6. The van der Waals surface area contributed by atoms with Crippen LogP contribution in [0.1, 0.15) is 15.9 Å². The molecule has 0 atom stereocenters. The average molecular weight is 352 g/mol. The summed E-state index contributed by atoms with van der Waals surface area (Å²) in [5, 5.41) is 22.9. The van der Waals surface area contributed by atoms with Crippen LogP contribution in [0.25, 0.3) is 0 Å². The van der Waals surface area contributed by atoms with Crippen molar-refractivity contribution < 1.29 is 9.53 Å². The number of carbonyl (C=O) groups excluding carboxylic acids is 1. The smallest absolute Gasteiger partial charge is 0.251 e. The maximum absolute atomic E-state index is 12.1. The zero-order valence-electron chi connectivity index (χ0n) is 14.3. The summed E-state index contributed by atoms with van der Waals surface area (Å²) < 4.78 is 5.35. The van der Waals surface area contributed by atoms with E-state index in [0.717, 1.165) is 18.8 Å². The van der Waals surface area contributed by atoms with Crippen LogP contribution < -0.4 is 15.5 Å². The molecule has 8 heteroatoms. The predicted octanol–water partition coefficient (Wildman–Crippen LogP) is 1.03. The standard InChI is InChI=1S/C18H20N6O2/c19-12-14-2-1-3-15(10-14)18(25)21-5-4-20-17-11-16(13-22-23-17)24-6-8-26-9-7-24/h1-3,10-11,13H,4-9H2,(H,20,23)(H,21,25). The Kier molecular flexibility index (Phi) is 5.96. The fraction of sp³-hybridized carbons (Fsp3) is 0.333. The molecule has 0 radical (unpaired) electrons. The van der Waals surface area contributed by atoms with Gasteiger partial charge < -0.3 is 20.3 Å². The summed E-state index contributed by atoms with van der Waals surface area (Å²) >= 11 is 0. The Morgan fingerprint density at radius 3 is 2.92 bits per heavy atom. The Bertz CT molecular complexity index is 798. The van der Waals surface area contributed by atoms with Crippen LogP contribution in [0.15, 0.2) is 36.5 Å². The Morgan fingerprint density at radius 1 is 1.27 bits per heavy atom. The van der Waals surface area contributed by atoms with Crippen LogP contribution in [0.4, 0.5) is 11.5 Å². The molecule has 1 saturated heterocycles. The van der Waals surface area contributed by atoms with Gasteiger partial charge in [0.15, 0.2) is 5.82 Å². The van der Waals surface area contributed by atoms with E-state index in [1.54, 1.807) is 30.5 Å². The summed E-state index contributed by atoms with van der Waals surface area (Å²) in [4.78, 5) is 14.3. The second-order valence-corrected chi connectivity index (χ2v) is 5.77. The number of ether oxygens (including phenoxy) is 1. The number of amides is 1. The first-order valence-electron chi connectivity index (χ1n) is 8.44. The lowest BCUT2D eigenvalue weighted by Crippen LogP contribution is -2.36. The van der Waals surface area contributed by atoms with E-state index in [0.29, 0.717) is 43.2 Å². The summed E-state index contributed by atoms with van der Waals surface area (Å²) in [6.07, 6.45) is 1.74. The van der Waals surface area contributed by atoms with Gasteiger partial charge in [-0.25, -0.2) is 0 Å². The molecule has 1 amide bonds. The predicted molar refractivity (Wildman–Crippen MR) is 97.0 cm³/mol. The van der Waals surface area contributed by atoms with Gasteiger partial charge in [0.1, 0.15) is 0 Å². The number of aromatic nitrogens is 2. The summed E-state index contributed by atoms with van der Waals surface area (Å²) in [6, 6.07) is 10.6. The second-order valence-electron chi connectivity index (χ2n) is 5.77. The minimum Gasteiger partial charge on any atom is -0.378 e. The van der Waals surface area contributed by atoms with Crippen molar-refractivity contribution in [2.45, 2.75) is 0 Å². The molecule has 2 aromatic rings. The highest BCUT2D eigenvalue weighted by Gasteiger charge is 2.12. The van der Waals surface area contributed by atoms with Crippen molar-refractivity contribution in [3.05, 3.63) is 47.7 Å². The zero-order valence-corrected chi connectivity index (χ0v) is 14.3. The van der Waals surface area contributed by atoms with E-state index in [-0.39, 0.29) is 5.91 Å². The normalized spacial score (nSPS) is 13.7. The molecular weight excluding hydrogens is 332 g/mol. The van der Waals surface area contributed by atoms with Crippen molar-refractivity contribution in [1.82, 2.24) is 15.5 Å². The number of hydrogen-bond acceptors (Lipinski definition) is 7. The SMILES string of the molecule is N#Cc1cccc(C(=O)NCCNc2cc(N3CCOCC3)cnn2)c1. The number of nitrogens with one attached hydrogen (secondary N) is 2. The van der Waals surface area contributed by atoms with E-state index in [2.05, 4.69) is 25.7 Å². The molecule has 1 aromatic heterocycles. The van der Waals surface area contributed by atoms with Crippen molar-refractivity contribution in [3.8, 4) is 6.07 Å². The van der Waals surface area contributed by atoms with Gasteiger partial charge in [0.2, 0.25) is 0 Å². The minimum absolute atomic E-state index is 0.211. The lowest BCUT2D eigenvalue weighted by molar-refractivity contribution is 0.0955. The third-order valence-corrected chi connectivity index (χ3v) is 3.99. The fourth-order valence-electron chi connectivity index (χ4n) is 2.64. The number of nitriles is 1. The molecule has 8 nitrogen and oxygen atoms in total. The van der Waals surface area contributed by atoms with Crippen LogP contribution in [0.3, 0.4) is 0 Å². The molecule has 2 N–H and O–H groups in total. The molecule has 0 saturated carbocycles. The molecule has 0 unspecified atom stereocenters. The summed E-state index contributed by atoms with van der Waals surface area (Å²) in [7, 11) is 0. The fourth-order valence-corrected chi connectivity index (χ4v) is 2.64. The Balaban J connectivity index is 1.47. The van der Waals surface area contributed by atoms with Crippen LogP contribution in [0, 0.1) is 11.3 Å². The molecule has 0 aliphatic carbocycles. The molecule has 26 heavy (non-hydrogen) atoms. The first-order valence-corrected chi connectivity index (χ1v) is 8.44. The maximum Gasteiger partial charge on any atom is 0.251 e. The van der Waals surface area contributed by atoms with Gasteiger partial charge in [-0.2, -0.15) is 10.4 Å². The van der Waals surface area contributed by atoms with Crippen molar-refractivity contribution in [2.75, 3.05) is 49.6 Å². The van der Waals surface area contributed by atoms with Gasteiger partial charge in [0.05, 0.1) is 36.7 Å². The van der Waals surface area contributed by atoms with Gasteiger partial charge in [-0.05, 0) is 18.2 Å². The third kappa shape index (κ3) is 4.68. The number of nitrogens with zero attached hydrogens (tertiary/aromatic N) is 4.